The Balaban J connectivity index is 1.61. The van der Waals surface area contributed by atoms with Gasteiger partial charge in [-0.1, -0.05) is 36.4 Å². The lowest BCUT2D eigenvalue weighted by Crippen LogP contribution is -2.13. The maximum atomic E-state index is 12.6. The second-order valence-corrected chi connectivity index (χ2v) is 6.62. The molecule has 0 saturated carbocycles. The van der Waals surface area contributed by atoms with Crippen LogP contribution in [0.1, 0.15) is 22.8 Å². The lowest BCUT2D eigenvalue weighted by Gasteiger charge is -2.10. The SMILES string of the molecule is COC(=O)c1cc2c(cc1NC(=O)/C=C(/C)c1ccc3ccccc3c1)OCO2. The van der Waals surface area contributed by atoms with Gasteiger partial charge in [-0.05, 0) is 34.9 Å². The van der Waals surface area contributed by atoms with Crippen molar-refractivity contribution in [3.63, 3.8) is 0 Å². The minimum absolute atomic E-state index is 0.0638. The molecule has 0 radical (unpaired) electrons. The van der Waals surface area contributed by atoms with Gasteiger partial charge in [-0.15, -0.1) is 0 Å². The van der Waals surface area contributed by atoms with Crippen molar-refractivity contribution >= 4 is 33.9 Å². The number of allylic oxidation sites excluding steroid dienone is 1. The molecule has 4 rings (SSSR count). The van der Waals surface area contributed by atoms with E-state index in [0.29, 0.717) is 17.2 Å². The van der Waals surface area contributed by atoms with E-state index < -0.39 is 5.97 Å². The second-order valence-electron chi connectivity index (χ2n) is 6.62. The molecule has 0 unspecified atom stereocenters. The van der Waals surface area contributed by atoms with Crippen LogP contribution in [0.5, 0.6) is 11.5 Å². The van der Waals surface area contributed by atoms with Crippen LogP contribution in [0.4, 0.5) is 5.69 Å². The minimum atomic E-state index is -0.575. The van der Waals surface area contributed by atoms with Gasteiger partial charge in [-0.25, -0.2) is 4.79 Å². The zero-order valence-electron chi connectivity index (χ0n) is 16.0. The van der Waals surface area contributed by atoms with Crippen molar-refractivity contribution in [1.82, 2.24) is 0 Å². The third kappa shape index (κ3) is 3.78. The highest BCUT2D eigenvalue weighted by Gasteiger charge is 2.22. The predicted molar refractivity (Wildman–Crippen MR) is 110 cm³/mol. The van der Waals surface area contributed by atoms with E-state index in [2.05, 4.69) is 5.32 Å². The van der Waals surface area contributed by atoms with Crippen LogP contribution in [0.15, 0.2) is 60.7 Å². The van der Waals surface area contributed by atoms with Gasteiger partial charge in [-0.2, -0.15) is 0 Å². The molecule has 0 fully saturated rings. The number of anilines is 1. The largest absolute Gasteiger partial charge is 0.465 e. The van der Waals surface area contributed by atoms with E-state index in [4.69, 9.17) is 14.2 Å². The molecule has 0 saturated heterocycles. The number of amides is 1. The third-order valence-electron chi connectivity index (χ3n) is 4.73. The molecule has 1 aliphatic heterocycles. The van der Waals surface area contributed by atoms with E-state index in [0.717, 1.165) is 21.9 Å². The first kappa shape index (κ1) is 18.6. The summed E-state index contributed by atoms with van der Waals surface area (Å²) in [6, 6.07) is 17.1. The van der Waals surface area contributed by atoms with Crippen molar-refractivity contribution in [2.24, 2.45) is 0 Å². The number of nitrogens with one attached hydrogen (secondary N) is 1. The lowest BCUT2D eigenvalue weighted by atomic mass is 10.0. The Labute approximate surface area is 167 Å². The number of ether oxygens (including phenoxy) is 3. The highest BCUT2D eigenvalue weighted by Crippen LogP contribution is 2.37. The van der Waals surface area contributed by atoms with Crippen LogP contribution >= 0.6 is 0 Å². The van der Waals surface area contributed by atoms with Crippen molar-refractivity contribution < 1.29 is 23.8 Å². The van der Waals surface area contributed by atoms with Crippen molar-refractivity contribution in [1.29, 1.82) is 0 Å². The van der Waals surface area contributed by atoms with Crippen LogP contribution in [0.2, 0.25) is 0 Å². The Morgan fingerprint density at radius 1 is 1.00 bits per heavy atom. The smallest absolute Gasteiger partial charge is 0.340 e. The number of hydrogen-bond donors (Lipinski definition) is 1. The molecular weight excluding hydrogens is 370 g/mol. The Kier molecular flexibility index (Phi) is 4.91. The van der Waals surface area contributed by atoms with Gasteiger partial charge in [0.05, 0.1) is 18.4 Å². The Bertz CT molecular complexity index is 1150. The molecule has 0 spiro atoms. The Hall–Kier alpha value is -3.80. The molecular formula is C23H19NO5. The summed E-state index contributed by atoms with van der Waals surface area (Å²) in [6.45, 7) is 1.93. The van der Waals surface area contributed by atoms with E-state index in [1.165, 1.54) is 19.3 Å². The molecule has 1 N–H and O–H groups in total. The van der Waals surface area contributed by atoms with Crippen LogP contribution in [-0.2, 0) is 9.53 Å². The summed E-state index contributed by atoms with van der Waals surface area (Å²) in [5.74, 6) is -0.0389. The maximum Gasteiger partial charge on any atom is 0.340 e. The number of carbonyl (C=O) groups is 2. The van der Waals surface area contributed by atoms with Gasteiger partial charge in [-0.3, -0.25) is 4.79 Å². The van der Waals surface area contributed by atoms with Crippen LogP contribution < -0.4 is 14.8 Å². The highest BCUT2D eigenvalue weighted by molar-refractivity contribution is 6.08. The van der Waals surface area contributed by atoms with Gasteiger partial charge in [0.1, 0.15) is 0 Å². The molecule has 1 amide bonds. The Morgan fingerprint density at radius 2 is 1.72 bits per heavy atom. The summed E-state index contributed by atoms with van der Waals surface area (Å²) in [6.07, 6.45) is 1.50. The number of methoxy groups -OCH3 is 1. The first-order chi connectivity index (χ1) is 14.0. The third-order valence-corrected chi connectivity index (χ3v) is 4.73. The molecule has 0 bridgehead atoms. The number of carbonyl (C=O) groups excluding carboxylic acids is 2. The molecule has 1 heterocycles. The topological polar surface area (TPSA) is 73.9 Å². The van der Waals surface area contributed by atoms with Crippen molar-refractivity contribution in [3.8, 4) is 11.5 Å². The van der Waals surface area contributed by atoms with E-state index in [1.807, 2.05) is 49.4 Å². The summed E-state index contributed by atoms with van der Waals surface area (Å²) >= 11 is 0. The number of hydrogen-bond acceptors (Lipinski definition) is 5. The van der Waals surface area contributed by atoms with E-state index in [1.54, 1.807) is 6.07 Å². The lowest BCUT2D eigenvalue weighted by molar-refractivity contribution is -0.111. The minimum Gasteiger partial charge on any atom is -0.465 e. The number of benzene rings is 3. The molecule has 146 valence electrons. The molecule has 0 atom stereocenters. The van der Waals surface area contributed by atoms with Crippen molar-refractivity contribution in [2.75, 3.05) is 19.2 Å². The molecule has 29 heavy (non-hydrogen) atoms. The first-order valence-electron chi connectivity index (χ1n) is 9.05. The molecule has 6 heteroatoms. The standard InChI is InChI=1S/C23H19NO5/c1-14(16-8-7-15-5-3-4-6-17(15)10-16)9-22(25)24-19-12-21-20(28-13-29-21)11-18(19)23(26)27-2/h3-12H,13H2,1-2H3,(H,24,25)/b14-9-. The molecule has 0 aromatic heterocycles. The summed E-state index contributed by atoms with van der Waals surface area (Å²) < 4.78 is 15.4. The average Bonchev–Trinajstić information content (AvgIpc) is 3.19. The zero-order chi connectivity index (χ0) is 20.4. The predicted octanol–water partition coefficient (Wildman–Crippen LogP) is 4.40. The van der Waals surface area contributed by atoms with Crippen molar-refractivity contribution in [2.45, 2.75) is 6.92 Å². The summed E-state index contributed by atoms with van der Waals surface area (Å²) in [4.78, 5) is 24.7. The highest BCUT2D eigenvalue weighted by atomic mass is 16.7. The average molecular weight is 389 g/mol. The van der Waals surface area contributed by atoms with Gasteiger partial charge >= 0.3 is 5.97 Å². The quantitative estimate of drug-likeness (QED) is 0.529. The van der Waals surface area contributed by atoms with E-state index >= 15 is 0 Å². The van der Waals surface area contributed by atoms with Gasteiger partial charge in [0, 0.05) is 18.2 Å². The zero-order valence-corrected chi connectivity index (χ0v) is 16.0. The molecule has 0 aliphatic carbocycles. The Morgan fingerprint density at radius 3 is 2.48 bits per heavy atom. The van der Waals surface area contributed by atoms with Crippen LogP contribution in [0.25, 0.3) is 16.3 Å². The number of fused-ring (bicyclic) bond motifs is 2. The molecule has 3 aromatic carbocycles. The number of esters is 1. The monoisotopic (exact) mass is 389 g/mol. The van der Waals surface area contributed by atoms with Crippen LogP contribution in [-0.4, -0.2) is 25.8 Å². The normalized spacial score (nSPS) is 12.7. The summed E-state index contributed by atoms with van der Waals surface area (Å²) in [5, 5.41) is 4.98. The fraction of sp³-hybridized carbons (Fsp3) is 0.130. The fourth-order valence-corrected chi connectivity index (χ4v) is 3.21. The fourth-order valence-electron chi connectivity index (χ4n) is 3.21. The van der Waals surface area contributed by atoms with E-state index in [-0.39, 0.29) is 18.3 Å². The van der Waals surface area contributed by atoms with Gasteiger partial charge in [0.15, 0.2) is 11.5 Å². The molecule has 3 aromatic rings. The second kappa shape index (κ2) is 7.67. The maximum absolute atomic E-state index is 12.6. The van der Waals surface area contributed by atoms with Crippen LogP contribution in [0.3, 0.4) is 0 Å². The summed E-state index contributed by atoms with van der Waals surface area (Å²) in [7, 11) is 1.28. The van der Waals surface area contributed by atoms with Crippen LogP contribution in [0, 0.1) is 0 Å². The first-order valence-corrected chi connectivity index (χ1v) is 9.05. The van der Waals surface area contributed by atoms with Gasteiger partial charge in [0.25, 0.3) is 0 Å². The van der Waals surface area contributed by atoms with Gasteiger partial charge in [0.2, 0.25) is 12.7 Å². The number of rotatable bonds is 4. The summed E-state index contributed by atoms with van der Waals surface area (Å²) in [5.41, 5.74) is 2.24. The van der Waals surface area contributed by atoms with Crippen molar-refractivity contribution in [3.05, 3.63) is 71.8 Å². The molecule has 6 nitrogen and oxygen atoms in total. The van der Waals surface area contributed by atoms with Gasteiger partial charge < -0.3 is 19.5 Å². The van der Waals surface area contributed by atoms with E-state index in [9.17, 15) is 9.59 Å². The molecule has 1 aliphatic rings.